The van der Waals surface area contributed by atoms with Crippen LogP contribution in [0.2, 0.25) is 5.02 Å². The van der Waals surface area contributed by atoms with Crippen LogP contribution in [0.25, 0.3) is 11.0 Å². The van der Waals surface area contributed by atoms with Gasteiger partial charge in [-0.25, -0.2) is 14.2 Å². The third kappa shape index (κ3) is 5.23. The molecule has 2 heterocycles. The number of carbonyl (C=O) groups is 2. The summed E-state index contributed by atoms with van der Waals surface area (Å²) < 4.78 is 20.3. The van der Waals surface area contributed by atoms with E-state index in [2.05, 4.69) is 32.0 Å². The fourth-order valence-corrected chi connectivity index (χ4v) is 4.95. The molecule has 11 heteroatoms. The Balaban J connectivity index is 1.42. The van der Waals surface area contributed by atoms with E-state index >= 15 is 4.39 Å². The minimum absolute atomic E-state index is 0.0756. The van der Waals surface area contributed by atoms with Crippen LogP contribution < -0.4 is 10.2 Å². The summed E-state index contributed by atoms with van der Waals surface area (Å²) >= 11 is 6.02. The number of H-pyrrole nitrogens is 1. The number of ether oxygens (including phenoxy) is 1. The Morgan fingerprint density at radius 3 is 2.73 bits per heavy atom. The Kier molecular flexibility index (Phi) is 7.94. The number of nitrogens with zero attached hydrogens (tertiary/aromatic N) is 3. The highest BCUT2D eigenvalue weighted by atomic mass is 35.5. The number of anilines is 2. The normalized spacial score (nSPS) is 16.0. The van der Waals surface area contributed by atoms with E-state index in [4.69, 9.17) is 16.3 Å². The molecule has 3 N–H and O–H groups in total. The number of aromatic nitrogens is 2. The van der Waals surface area contributed by atoms with Crippen molar-refractivity contribution >= 4 is 46.3 Å². The minimum Gasteiger partial charge on any atom is -0.436 e. The van der Waals surface area contributed by atoms with Gasteiger partial charge in [0, 0.05) is 16.7 Å². The van der Waals surface area contributed by atoms with Crippen molar-refractivity contribution in [1.29, 1.82) is 0 Å². The lowest BCUT2D eigenvalue weighted by atomic mass is 9.93. The molecule has 4 aromatic rings. The van der Waals surface area contributed by atoms with Gasteiger partial charge in [-0.15, -0.1) is 0 Å². The number of hydrogen-bond acceptors (Lipinski definition) is 6. The third-order valence-electron chi connectivity index (χ3n) is 6.93. The van der Waals surface area contributed by atoms with Gasteiger partial charge in [0.15, 0.2) is 18.1 Å². The zero-order valence-electron chi connectivity index (χ0n) is 22.4. The maximum Gasteiger partial charge on any atom is 0.414 e. The summed E-state index contributed by atoms with van der Waals surface area (Å²) in [6.07, 6.45) is -0.738. The van der Waals surface area contributed by atoms with E-state index < -0.39 is 23.5 Å². The van der Waals surface area contributed by atoms with Crippen LogP contribution in [0.4, 0.5) is 20.8 Å². The van der Waals surface area contributed by atoms with Crippen molar-refractivity contribution in [3.05, 3.63) is 88.2 Å². The standard InChI is InChI=1S/C30H27ClFN5O4/c1-3-36(4-2)16-7-8-17-41-29(39)35-28-33-23-15-14-19(18-24(23)34-28)30(40)21-11-6-5-10-20(21)27(38)37(30)25-13-9-12-22(31)26(25)32/h5-6,9-15,18,40H,3-4,16-17H2,1-2H3,(H2,33,34,35,39). The van der Waals surface area contributed by atoms with Gasteiger partial charge >= 0.3 is 6.09 Å². The summed E-state index contributed by atoms with van der Waals surface area (Å²) in [5.74, 6) is 4.47. The second kappa shape index (κ2) is 11.6. The third-order valence-corrected chi connectivity index (χ3v) is 7.23. The van der Waals surface area contributed by atoms with Crippen LogP contribution in [0.1, 0.15) is 35.3 Å². The molecule has 0 aliphatic carbocycles. The average Bonchev–Trinajstić information content (AvgIpc) is 3.48. The number of carbonyl (C=O) groups excluding carboxylic acids is 2. The molecule has 2 amide bonds. The summed E-state index contributed by atoms with van der Waals surface area (Å²) in [5.41, 5.74) is -0.524. The molecule has 3 aromatic carbocycles. The van der Waals surface area contributed by atoms with Gasteiger partial charge in [0.2, 0.25) is 5.95 Å². The molecule has 1 unspecified atom stereocenters. The number of aliphatic hydroxyl groups is 1. The molecule has 0 radical (unpaired) electrons. The van der Waals surface area contributed by atoms with Crippen molar-refractivity contribution < 1.29 is 23.8 Å². The largest absolute Gasteiger partial charge is 0.436 e. The monoisotopic (exact) mass is 575 g/mol. The average molecular weight is 576 g/mol. The Morgan fingerprint density at radius 1 is 1.17 bits per heavy atom. The van der Waals surface area contributed by atoms with Crippen LogP contribution in [0.15, 0.2) is 60.7 Å². The molecular formula is C30H27ClFN5O4. The van der Waals surface area contributed by atoms with Crippen LogP contribution >= 0.6 is 11.6 Å². The van der Waals surface area contributed by atoms with Gasteiger partial charge < -0.3 is 14.8 Å². The van der Waals surface area contributed by atoms with Crippen LogP contribution in [0, 0.1) is 17.7 Å². The fourth-order valence-electron chi connectivity index (χ4n) is 4.78. The molecule has 210 valence electrons. The predicted octanol–water partition coefficient (Wildman–Crippen LogP) is 5.10. The number of amides is 2. The minimum atomic E-state index is -2.06. The van der Waals surface area contributed by atoms with E-state index in [1.54, 1.807) is 42.5 Å². The lowest BCUT2D eigenvalue weighted by molar-refractivity contribution is 0.0699. The smallest absolute Gasteiger partial charge is 0.414 e. The maximum absolute atomic E-state index is 15.2. The molecule has 0 saturated carbocycles. The number of benzene rings is 3. The lowest BCUT2D eigenvalue weighted by Gasteiger charge is -2.35. The van der Waals surface area contributed by atoms with Gasteiger partial charge in [-0.3, -0.25) is 19.9 Å². The molecule has 1 atom stereocenters. The molecule has 1 aromatic heterocycles. The number of fused-ring (bicyclic) bond motifs is 2. The van der Waals surface area contributed by atoms with Gasteiger partial charge in [-0.1, -0.05) is 67.6 Å². The maximum atomic E-state index is 15.2. The molecule has 0 saturated heterocycles. The van der Waals surface area contributed by atoms with Crippen LogP contribution in [0.5, 0.6) is 0 Å². The van der Waals surface area contributed by atoms with Crippen molar-refractivity contribution in [2.24, 2.45) is 0 Å². The van der Waals surface area contributed by atoms with Gasteiger partial charge in [-0.2, -0.15) is 0 Å². The number of hydrogen-bond donors (Lipinski definition) is 3. The Labute approximate surface area is 240 Å². The topological polar surface area (TPSA) is 111 Å². The first kappa shape index (κ1) is 28.1. The van der Waals surface area contributed by atoms with E-state index in [9.17, 15) is 14.7 Å². The highest BCUT2D eigenvalue weighted by Crippen LogP contribution is 2.46. The SMILES string of the molecule is CCN(CC)CC#CCOC(=O)Nc1nc2ccc(C3(O)c4ccccc4C(=O)N3c3cccc(Cl)c3F)cc2[nH]1. The number of halogens is 2. The summed E-state index contributed by atoms with van der Waals surface area (Å²) in [6, 6.07) is 15.6. The molecule has 1 aliphatic rings. The lowest BCUT2D eigenvalue weighted by Crippen LogP contribution is -2.45. The molecule has 41 heavy (non-hydrogen) atoms. The highest BCUT2D eigenvalue weighted by molar-refractivity contribution is 6.31. The molecule has 0 fully saturated rings. The van der Waals surface area contributed by atoms with E-state index in [0.29, 0.717) is 17.6 Å². The second-order valence-corrected chi connectivity index (χ2v) is 9.67. The number of rotatable bonds is 7. The Morgan fingerprint density at radius 2 is 1.95 bits per heavy atom. The van der Waals surface area contributed by atoms with Crippen LogP contribution in [-0.2, 0) is 10.5 Å². The summed E-state index contributed by atoms with van der Waals surface area (Å²) in [7, 11) is 0. The summed E-state index contributed by atoms with van der Waals surface area (Å²) in [6.45, 7) is 6.38. The molecule has 5 rings (SSSR count). The zero-order valence-corrected chi connectivity index (χ0v) is 23.1. The number of imidazole rings is 1. The van der Waals surface area contributed by atoms with Gasteiger partial charge in [0.05, 0.1) is 28.3 Å². The van der Waals surface area contributed by atoms with Crippen molar-refractivity contribution in [1.82, 2.24) is 14.9 Å². The van der Waals surface area contributed by atoms with E-state index in [0.717, 1.165) is 18.0 Å². The quantitative estimate of drug-likeness (QED) is 0.264. The first-order valence-corrected chi connectivity index (χ1v) is 13.4. The fraction of sp³-hybridized carbons (Fsp3) is 0.233. The zero-order chi connectivity index (χ0) is 29.1. The van der Waals surface area contributed by atoms with Crippen LogP contribution in [-0.4, -0.2) is 58.2 Å². The van der Waals surface area contributed by atoms with Crippen molar-refractivity contribution in [2.45, 2.75) is 19.6 Å². The summed E-state index contributed by atoms with van der Waals surface area (Å²) in [4.78, 5) is 36.2. The summed E-state index contributed by atoms with van der Waals surface area (Å²) in [5, 5.41) is 14.5. The van der Waals surface area contributed by atoms with Gasteiger partial charge in [0.1, 0.15) is 0 Å². The van der Waals surface area contributed by atoms with E-state index in [1.165, 1.54) is 18.2 Å². The number of nitrogens with one attached hydrogen (secondary N) is 2. The number of aromatic amines is 1. The Bertz CT molecular complexity index is 1690. The molecular weight excluding hydrogens is 549 g/mol. The molecule has 1 aliphatic heterocycles. The molecule has 0 bridgehead atoms. The van der Waals surface area contributed by atoms with Crippen LogP contribution in [0.3, 0.4) is 0 Å². The van der Waals surface area contributed by atoms with Crippen molar-refractivity contribution in [3.8, 4) is 11.8 Å². The molecule has 0 spiro atoms. The van der Waals surface area contributed by atoms with E-state index in [-0.39, 0.29) is 40.0 Å². The highest BCUT2D eigenvalue weighted by Gasteiger charge is 2.51. The second-order valence-electron chi connectivity index (χ2n) is 9.26. The van der Waals surface area contributed by atoms with Crippen molar-refractivity contribution in [3.63, 3.8) is 0 Å². The van der Waals surface area contributed by atoms with E-state index in [1.807, 2.05) is 13.8 Å². The first-order valence-electron chi connectivity index (χ1n) is 13.0. The molecule has 9 nitrogen and oxygen atoms in total. The van der Waals surface area contributed by atoms with Gasteiger partial charge in [0.25, 0.3) is 5.91 Å². The predicted molar refractivity (Wildman–Crippen MR) is 154 cm³/mol. The van der Waals surface area contributed by atoms with Gasteiger partial charge in [-0.05, 0) is 43.4 Å². The first-order chi connectivity index (χ1) is 19.8. The van der Waals surface area contributed by atoms with Crippen molar-refractivity contribution in [2.75, 3.05) is 36.5 Å². The Hall–Kier alpha value is -4.43.